The van der Waals surface area contributed by atoms with Crippen molar-refractivity contribution in [3.05, 3.63) is 35.4 Å². The normalized spacial score (nSPS) is 22.7. The maximum Gasteiger partial charge on any atom is 0.328 e. The van der Waals surface area contributed by atoms with E-state index in [0.29, 0.717) is 19.6 Å². The smallest absolute Gasteiger partial charge is 0.328 e. The summed E-state index contributed by atoms with van der Waals surface area (Å²) >= 11 is 0. The molecule has 120 valence electrons. The van der Waals surface area contributed by atoms with Gasteiger partial charge in [0.25, 0.3) is 0 Å². The van der Waals surface area contributed by atoms with Crippen LogP contribution in [0.3, 0.4) is 0 Å². The third-order valence-corrected chi connectivity index (χ3v) is 4.50. The van der Waals surface area contributed by atoms with Crippen molar-refractivity contribution in [3.8, 4) is 0 Å². The zero-order chi connectivity index (χ0) is 16.3. The van der Waals surface area contributed by atoms with E-state index in [1.807, 2.05) is 31.2 Å². The lowest BCUT2D eigenvalue weighted by Gasteiger charge is -2.27. The number of rotatable bonds is 5. The average molecular weight is 305 g/mol. The maximum atomic E-state index is 12.8. The van der Waals surface area contributed by atoms with Crippen LogP contribution in [0, 0.1) is 0 Å². The summed E-state index contributed by atoms with van der Waals surface area (Å²) in [6, 6.07) is 7.34. The van der Waals surface area contributed by atoms with Crippen molar-refractivity contribution in [2.45, 2.75) is 38.3 Å². The van der Waals surface area contributed by atoms with Gasteiger partial charge in [-0.25, -0.2) is 4.79 Å². The second kappa shape index (κ2) is 6.48. The number of likely N-dealkylation sites (tertiary alicyclic amines) is 1. The summed E-state index contributed by atoms with van der Waals surface area (Å²) in [5.41, 5.74) is 1.45. The Bertz CT molecular complexity index is 554. The van der Waals surface area contributed by atoms with Crippen LogP contribution < -0.4 is 0 Å². The zero-order valence-electron chi connectivity index (χ0n) is 13.6. The van der Waals surface area contributed by atoms with Crippen LogP contribution in [-0.2, 0) is 31.1 Å². The van der Waals surface area contributed by atoms with Gasteiger partial charge in [-0.15, -0.1) is 0 Å². The summed E-state index contributed by atoms with van der Waals surface area (Å²) in [7, 11) is 2.99. The van der Waals surface area contributed by atoms with Crippen molar-refractivity contribution in [1.29, 1.82) is 0 Å². The molecule has 1 heterocycles. The Morgan fingerprint density at radius 3 is 2.50 bits per heavy atom. The molecule has 1 aliphatic heterocycles. The van der Waals surface area contributed by atoms with Gasteiger partial charge in [-0.2, -0.15) is 0 Å². The van der Waals surface area contributed by atoms with Crippen molar-refractivity contribution in [2.75, 3.05) is 20.8 Å². The van der Waals surface area contributed by atoms with Gasteiger partial charge in [0.05, 0.1) is 19.1 Å². The summed E-state index contributed by atoms with van der Waals surface area (Å²) < 4.78 is 9.84. The molecule has 2 rings (SSSR count). The molecule has 0 aromatic heterocycles. The largest absolute Gasteiger partial charge is 0.467 e. The second-order valence-corrected chi connectivity index (χ2v) is 5.91. The van der Waals surface area contributed by atoms with E-state index in [4.69, 9.17) is 9.47 Å². The molecular formula is C17H23NO4. The number of nitrogens with zero attached hydrogens (tertiary/aromatic N) is 1. The van der Waals surface area contributed by atoms with E-state index in [1.54, 1.807) is 18.9 Å². The second-order valence-electron chi connectivity index (χ2n) is 5.91. The fourth-order valence-corrected chi connectivity index (χ4v) is 2.94. The van der Waals surface area contributed by atoms with Gasteiger partial charge in [0.1, 0.15) is 6.04 Å². The minimum absolute atomic E-state index is 0.0232. The Hall–Kier alpha value is -1.88. The predicted octanol–water partition coefficient (Wildman–Crippen LogP) is 1.88. The Balaban J connectivity index is 2.20. The third kappa shape index (κ3) is 2.86. The van der Waals surface area contributed by atoms with E-state index in [9.17, 15) is 9.59 Å². The minimum Gasteiger partial charge on any atom is -0.467 e. The molecule has 0 radical (unpaired) electrons. The van der Waals surface area contributed by atoms with Gasteiger partial charge in [-0.05, 0) is 31.4 Å². The molecule has 22 heavy (non-hydrogen) atoms. The quantitative estimate of drug-likeness (QED) is 0.780. The third-order valence-electron chi connectivity index (χ3n) is 4.50. The highest BCUT2D eigenvalue weighted by molar-refractivity contribution is 5.93. The number of hydrogen-bond donors (Lipinski definition) is 0. The molecule has 0 N–H and O–H groups in total. The van der Waals surface area contributed by atoms with Crippen LogP contribution >= 0.6 is 0 Å². The standard InChI is InChI=1S/C17H23NO4/c1-12(15(19)22-4)18-10-9-17(2,16(18)20)14-7-5-13(6-8-14)11-21-3/h5-8,12H,9-11H2,1-4H3/t12-,17?/m1/s1. The van der Waals surface area contributed by atoms with Crippen molar-refractivity contribution in [3.63, 3.8) is 0 Å². The first kappa shape index (κ1) is 16.5. The van der Waals surface area contributed by atoms with Crippen molar-refractivity contribution >= 4 is 11.9 Å². The van der Waals surface area contributed by atoms with E-state index in [1.165, 1.54) is 7.11 Å². The zero-order valence-corrected chi connectivity index (χ0v) is 13.6. The van der Waals surface area contributed by atoms with Gasteiger partial charge in [-0.3, -0.25) is 4.79 Å². The number of hydrogen-bond acceptors (Lipinski definition) is 4. The molecule has 2 atom stereocenters. The molecule has 1 aromatic rings. The van der Waals surface area contributed by atoms with Gasteiger partial charge < -0.3 is 14.4 Å². The highest BCUT2D eigenvalue weighted by Crippen LogP contribution is 2.36. The topological polar surface area (TPSA) is 55.8 Å². The van der Waals surface area contributed by atoms with Crippen LogP contribution in [0.5, 0.6) is 0 Å². The fourth-order valence-electron chi connectivity index (χ4n) is 2.94. The van der Waals surface area contributed by atoms with Gasteiger partial charge in [0, 0.05) is 13.7 Å². The number of amides is 1. The molecule has 5 heteroatoms. The number of methoxy groups -OCH3 is 2. The fraction of sp³-hybridized carbons (Fsp3) is 0.529. The Kier molecular flexibility index (Phi) is 4.86. The van der Waals surface area contributed by atoms with Gasteiger partial charge >= 0.3 is 5.97 Å². The van der Waals surface area contributed by atoms with Crippen LogP contribution in [0.1, 0.15) is 31.4 Å². The summed E-state index contributed by atoms with van der Waals surface area (Å²) in [5, 5.41) is 0. The molecule has 1 fully saturated rings. The number of carbonyl (C=O) groups excluding carboxylic acids is 2. The molecule has 1 aliphatic rings. The molecular weight excluding hydrogens is 282 g/mol. The Morgan fingerprint density at radius 1 is 1.32 bits per heavy atom. The molecule has 0 spiro atoms. The minimum atomic E-state index is -0.589. The molecule has 0 aliphatic carbocycles. The molecule has 5 nitrogen and oxygen atoms in total. The van der Waals surface area contributed by atoms with Gasteiger partial charge in [0.15, 0.2) is 0 Å². The molecule has 1 saturated heterocycles. The molecule has 0 bridgehead atoms. The van der Waals surface area contributed by atoms with Crippen LogP contribution in [0.25, 0.3) is 0 Å². The lowest BCUT2D eigenvalue weighted by molar-refractivity contribution is -0.151. The van der Waals surface area contributed by atoms with Crippen molar-refractivity contribution in [1.82, 2.24) is 4.90 Å². The highest BCUT2D eigenvalue weighted by Gasteiger charge is 2.46. The lowest BCUT2D eigenvalue weighted by atomic mass is 9.81. The molecule has 1 aromatic carbocycles. The highest BCUT2D eigenvalue weighted by atomic mass is 16.5. The average Bonchev–Trinajstić information content (AvgIpc) is 2.84. The Labute approximate surface area is 131 Å². The van der Waals surface area contributed by atoms with Crippen LogP contribution in [0.15, 0.2) is 24.3 Å². The van der Waals surface area contributed by atoms with E-state index >= 15 is 0 Å². The number of ether oxygens (including phenoxy) is 2. The van der Waals surface area contributed by atoms with Crippen LogP contribution in [-0.4, -0.2) is 43.6 Å². The summed E-state index contributed by atoms with van der Waals surface area (Å²) in [6.45, 7) is 4.75. The molecule has 0 saturated carbocycles. The summed E-state index contributed by atoms with van der Waals surface area (Å²) in [4.78, 5) is 26.1. The first-order chi connectivity index (χ1) is 10.4. The van der Waals surface area contributed by atoms with Gasteiger partial charge in [-0.1, -0.05) is 24.3 Å². The first-order valence-electron chi connectivity index (χ1n) is 7.41. The lowest BCUT2D eigenvalue weighted by Crippen LogP contribution is -2.44. The van der Waals surface area contributed by atoms with Crippen molar-refractivity contribution in [2.24, 2.45) is 0 Å². The van der Waals surface area contributed by atoms with E-state index < -0.39 is 11.5 Å². The summed E-state index contributed by atoms with van der Waals surface area (Å²) in [5.74, 6) is -0.405. The van der Waals surface area contributed by atoms with E-state index in [0.717, 1.165) is 11.1 Å². The van der Waals surface area contributed by atoms with E-state index in [-0.39, 0.29) is 11.9 Å². The van der Waals surface area contributed by atoms with E-state index in [2.05, 4.69) is 0 Å². The number of carbonyl (C=O) groups is 2. The number of benzene rings is 1. The SMILES string of the molecule is COCc1ccc(C2(C)CCN([C@H](C)C(=O)OC)C2=O)cc1. The summed E-state index contributed by atoms with van der Waals surface area (Å²) in [6.07, 6.45) is 0.691. The predicted molar refractivity (Wildman–Crippen MR) is 82.3 cm³/mol. The monoisotopic (exact) mass is 305 g/mol. The molecule has 1 amide bonds. The van der Waals surface area contributed by atoms with Crippen LogP contribution in [0.4, 0.5) is 0 Å². The number of esters is 1. The molecule has 1 unspecified atom stereocenters. The first-order valence-corrected chi connectivity index (χ1v) is 7.41. The van der Waals surface area contributed by atoms with Crippen LogP contribution in [0.2, 0.25) is 0 Å². The van der Waals surface area contributed by atoms with Gasteiger partial charge in [0.2, 0.25) is 5.91 Å². The Morgan fingerprint density at radius 2 is 1.95 bits per heavy atom. The van der Waals surface area contributed by atoms with Crippen molar-refractivity contribution < 1.29 is 19.1 Å². The maximum absolute atomic E-state index is 12.8.